The van der Waals surface area contributed by atoms with Crippen molar-refractivity contribution in [2.45, 2.75) is 20.5 Å². The molecule has 0 aliphatic carbocycles. The van der Waals surface area contributed by atoms with Crippen molar-refractivity contribution in [3.8, 4) is 5.75 Å². The molecule has 0 radical (unpaired) electrons. The van der Waals surface area contributed by atoms with Crippen LogP contribution in [0, 0.1) is 6.92 Å². The number of hydrogen-bond donors (Lipinski definition) is 1. The van der Waals surface area contributed by atoms with E-state index < -0.39 is 17.5 Å². The van der Waals surface area contributed by atoms with Gasteiger partial charge in [-0.2, -0.15) is 0 Å². The number of rotatable bonds is 7. The number of carbonyl (C=O) groups is 2. The Hall–Kier alpha value is -2.60. The molecule has 0 atom stereocenters. The summed E-state index contributed by atoms with van der Waals surface area (Å²) in [6.07, 6.45) is 0.838. The molecule has 0 saturated carbocycles. The topological polar surface area (TPSA) is 72.8 Å². The van der Waals surface area contributed by atoms with E-state index in [-0.39, 0.29) is 18.8 Å². The third kappa shape index (κ3) is 5.20. The van der Waals surface area contributed by atoms with Gasteiger partial charge in [0, 0.05) is 10.5 Å². The average molecular weight is 419 g/mol. The highest BCUT2D eigenvalue weighted by Crippen LogP contribution is 2.28. The summed E-state index contributed by atoms with van der Waals surface area (Å²) in [6.45, 7) is 3.88. The van der Waals surface area contributed by atoms with Crippen molar-refractivity contribution < 1.29 is 24.2 Å². The molecule has 1 N–H and O–H groups in total. The predicted molar refractivity (Wildman–Crippen MR) is 101 cm³/mol. The smallest absolute Gasteiger partial charge is 0.373 e. The van der Waals surface area contributed by atoms with E-state index in [1.807, 2.05) is 37.3 Å². The molecule has 2 aromatic rings. The van der Waals surface area contributed by atoms with Crippen LogP contribution in [0.1, 0.15) is 28.4 Å². The van der Waals surface area contributed by atoms with Gasteiger partial charge in [0.1, 0.15) is 12.4 Å². The van der Waals surface area contributed by atoms with Crippen LogP contribution in [0.3, 0.4) is 0 Å². The number of benzene rings is 2. The lowest BCUT2D eigenvalue weighted by Gasteiger charge is -2.12. The maximum absolute atomic E-state index is 12.5. The van der Waals surface area contributed by atoms with Gasteiger partial charge in [0.2, 0.25) is 5.76 Å². The zero-order valence-electron chi connectivity index (χ0n) is 14.5. The summed E-state index contributed by atoms with van der Waals surface area (Å²) < 4.78 is 11.2. The van der Waals surface area contributed by atoms with Crippen LogP contribution in [0.15, 0.2) is 58.8 Å². The summed E-state index contributed by atoms with van der Waals surface area (Å²) >= 11 is 3.38. The number of allylic oxidation sites excluding steroid dienone is 1. The number of hydrogen-bond acceptors (Lipinski definition) is 5. The molecular weight excluding hydrogens is 400 g/mol. The summed E-state index contributed by atoms with van der Waals surface area (Å²) in [5.74, 6) is -1.88. The Kier molecular flexibility index (Phi) is 6.97. The number of halogens is 1. The molecule has 6 heteroatoms. The van der Waals surface area contributed by atoms with Crippen molar-refractivity contribution in [1.82, 2.24) is 0 Å². The van der Waals surface area contributed by atoms with Gasteiger partial charge in [-0.05, 0) is 37.1 Å². The number of ether oxygens (including phenoxy) is 2. The third-order valence-electron chi connectivity index (χ3n) is 3.52. The first kappa shape index (κ1) is 19.7. The van der Waals surface area contributed by atoms with Gasteiger partial charge in [0.25, 0.3) is 0 Å². The molecule has 2 rings (SSSR count). The second-order valence-corrected chi connectivity index (χ2v) is 6.34. The van der Waals surface area contributed by atoms with E-state index in [0.717, 1.165) is 21.7 Å². The third-order valence-corrected chi connectivity index (χ3v) is 4.37. The second kappa shape index (κ2) is 9.20. The summed E-state index contributed by atoms with van der Waals surface area (Å²) in [6, 6.07) is 12.9. The molecule has 0 heterocycles. The lowest BCUT2D eigenvalue weighted by atomic mass is 10.1. The van der Waals surface area contributed by atoms with Crippen LogP contribution in [-0.4, -0.2) is 23.5 Å². The van der Waals surface area contributed by atoms with Crippen LogP contribution in [0.25, 0.3) is 0 Å². The van der Waals surface area contributed by atoms with E-state index in [1.54, 1.807) is 19.1 Å². The van der Waals surface area contributed by atoms with Gasteiger partial charge in [-0.15, -0.1) is 0 Å². The molecule has 0 fully saturated rings. The molecular formula is C20H19BrO5. The van der Waals surface area contributed by atoms with Gasteiger partial charge < -0.3 is 14.6 Å². The van der Waals surface area contributed by atoms with E-state index in [2.05, 4.69) is 20.7 Å². The SMILES string of the molecule is CCOC(=O)/C(O)=C/C(=O)c1cc(Br)c(C)cc1OCc1ccccc1. The lowest BCUT2D eigenvalue weighted by Crippen LogP contribution is -2.10. The van der Waals surface area contributed by atoms with Gasteiger partial charge in [-0.1, -0.05) is 46.3 Å². The summed E-state index contributed by atoms with van der Waals surface area (Å²) in [4.78, 5) is 24.0. The van der Waals surface area contributed by atoms with Crippen molar-refractivity contribution in [3.05, 3.63) is 75.5 Å². The predicted octanol–water partition coefficient (Wildman–Crippen LogP) is 4.52. The van der Waals surface area contributed by atoms with Crippen molar-refractivity contribution >= 4 is 27.7 Å². The van der Waals surface area contributed by atoms with Crippen molar-refractivity contribution in [1.29, 1.82) is 0 Å². The Balaban J connectivity index is 2.28. The van der Waals surface area contributed by atoms with Crippen LogP contribution in [0.2, 0.25) is 0 Å². The van der Waals surface area contributed by atoms with Gasteiger partial charge >= 0.3 is 5.97 Å². The second-order valence-electron chi connectivity index (χ2n) is 5.49. The Labute approximate surface area is 160 Å². The minimum atomic E-state index is -0.946. The van der Waals surface area contributed by atoms with Crippen molar-refractivity contribution in [2.75, 3.05) is 6.61 Å². The van der Waals surface area contributed by atoms with Crippen molar-refractivity contribution in [3.63, 3.8) is 0 Å². The zero-order valence-corrected chi connectivity index (χ0v) is 16.1. The van der Waals surface area contributed by atoms with Crippen LogP contribution >= 0.6 is 15.9 Å². The van der Waals surface area contributed by atoms with Crippen LogP contribution in [0.4, 0.5) is 0 Å². The minimum Gasteiger partial charge on any atom is -0.502 e. The Morgan fingerprint density at radius 2 is 1.88 bits per heavy atom. The van der Waals surface area contributed by atoms with Gasteiger partial charge in [-0.25, -0.2) is 4.79 Å². The zero-order chi connectivity index (χ0) is 19.1. The molecule has 0 aliphatic heterocycles. The number of aliphatic hydroxyl groups is 1. The summed E-state index contributed by atoms with van der Waals surface area (Å²) in [5.41, 5.74) is 2.08. The highest BCUT2D eigenvalue weighted by molar-refractivity contribution is 9.10. The molecule has 26 heavy (non-hydrogen) atoms. The maximum Gasteiger partial charge on any atom is 0.373 e. The molecule has 0 saturated heterocycles. The van der Waals surface area contributed by atoms with Gasteiger partial charge in [0.15, 0.2) is 5.78 Å². The van der Waals surface area contributed by atoms with Gasteiger partial charge in [0.05, 0.1) is 12.2 Å². The van der Waals surface area contributed by atoms with E-state index in [0.29, 0.717) is 5.75 Å². The fourth-order valence-corrected chi connectivity index (χ4v) is 2.51. The first-order valence-electron chi connectivity index (χ1n) is 8.01. The monoisotopic (exact) mass is 418 g/mol. The lowest BCUT2D eigenvalue weighted by molar-refractivity contribution is -0.141. The van der Waals surface area contributed by atoms with E-state index in [9.17, 15) is 14.7 Å². The first-order valence-corrected chi connectivity index (χ1v) is 8.80. The summed E-state index contributed by atoms with van der Waals surface area (Å²) in [7, 11) is 0. The molecule has 2 aromatic carbocycles. The first-order chi connectivity index (χ1) is 12.4. The standard InChI is InChI=1S/C20H19BrO5/c1-3-25-20(24)18(23)11-17(22)15-10-16(21)13(2)9-19(15)26-12-14-7-5-4-6-8-14/h4-11,23H,3,12H2,1-2H3/b18-11-. The Morgan fingerprint density at radius 3 is 2.54 bits per heavy atom. The summed E-state index contributed by atoms with van der Waals surface area (Å²) in [5, 5.41) is 9.72. The molecule has 0 spiro atoms. The van der Waals surface area contributed by atoms with E-state index in [4.69, 9.17) is 4.74 Å². The Morgan fingerprint density at radius 1 is 1.19 bits per heavy atom. The fourth-order valence-electron chi connectivity index (χ4n) is 2.17. The quantitative estimate of drug-likeness (QED) is 0.309. The Bertz CT molecular complexity index is 828. The van der Waals surface area contributed by atoms with Crippen molar-refractivity contribution in [2.24, 2.45) is 0 Å². The van der Waals surface area contributed by atoms with Gasteiger partial charge in [-0.3, -0.25) is 4.79 Å². The normalized spacial score (nSPS) is 11.1. The molecule has 0 unspecified atom stereocenters. The number of aliphatic hydroxyl groups excluding tert-OH is 1. The molecule has 5 nitrogen and oxygen atoms in total. The highest BCUT2D eigenvalue weighted by atomic mass is 79.9. The largest absolute Gasteiger partial charge is 0.502 e. The molecule has 0 amide bonds. The van der Waals surface area contributed by atoms with Crippen LogP contribution < -0.4 is 4.74 Å². The van der Waals surface area contributed by atoms with Crippen LogP contribution in [0.5, 0.6) is 5.75 Å². The van der Waals surface area contributed by atoms with E-state index >= 15 is 0 Å². The average Bonchev–Trinajstić information content (AvgIpc) is 2.63. The number of ketones is 1. The number of carbonyl (C=O) groups excluding carboxylic acids is 2. The molecule has 136 valence electrons. The molecule has 0 aromatic heterocycles. The minimum absolute atomic E-state index is 0.104. The number of esters is 1. The highest BCUT2D eigenvalue weighted by Gasteiger charge is 2.17. The maximum atomic E-state index is 12.5. The molecule has 0 aliphatic rings. The van der Waals surface area contributed by atoms with Crippen LogP contribution in [-0.2, 0) is 16.1 Å². The van der Waals surface area contributed by atoms with E-state index in [1.165, 1.54) is 0 Å². The molecule has 0 bridgehead atoms. The fraction of sp³-hybridized carbons (Fsp3) is 0.200. The number of aryl methyl sites for hydroxylation is 1.